The summed E-state index contributed by atoms with van der Waals surface area (Å²) in [5, 5.41) is 0. The number of hydrogen-bond donors (Lipinski definition) is 0. The fourth-order valence-electron chi connectivity index (χ4n) is 2.45. The van der Waals surface area contributed by atoms with Crippen LogP contribution in [0.4, 0.5) is 8.78 Å². The highest BCUT2D eigenvalue weighted by Gasteiger charge is 2.53. The molecule has 2 rings (SSSR count). The third-order valence-electron chi connectivity index (χ3n) is 3.45. The van der Waals surface area contributed by atoms with Crippen LogP contribution in [0.15, 0.2) is 11.7 Å². The number of allylic oxidation sites excluding steroid dienone is 1. The molecule has 0 radical (unpaired) electrons. The first kappa shape index (κ1) is 10.1. The first-order chi connectivity index (χ1) is 6.32. The second kappa shape index (κ2) is 2.78. The predicted octanol–water partition coefficient (Wildman–Crippen LogP) is 3.03. The largest absolute Gasteiger partial charge is 0.297 e. The van der Waals surface area contributed by atoms with Crippen LogP contribution < -0.4 is 0 Å². The summed E-state index contributed by atoms with van der Waals surface area (Å²) in [5.74, 6) is 0. The van der Waals surface area contributed by atoms with E-state index < -0.39 is 6.08 Å². The summed E-state index contributed by atoms with van der Waals surface area (Å²) in [6.07, 6.45) is -0.186. The van der Waals surface area contributed by atoms with Crippen molar-refractivity contribution >= 4 is 0 Å². The summed E-state index contributed by atoms with van der Waals surface area (Å²) < 4.78 is 24.4. The molecule has 0 bridgehead atoms. The second-order valence-electron chi connectivity index (χ2n) is 5.74. The van der Waals surface area contributed by atoms with Gasteiger partial charge < -0.3 is 0 Å². The van der Waals surface area contributed by atoms with Crippen molar-refractivity contribution in [3.63, 3.8) is 0 Å². The van der Waals surface area contributed by atoms with Gasteiger partial charge in [0.25, 0.3) is 6.08 Å². The van der Waals surface area contributed by atoms with Crippen molar-refractivity contribution in [3.8, 4) is 0 Å². The molecule has 1 saturated heterocycles. The highest BCUT2D eigenvalue weighted by Crippen LogP contribution is 2.54. The third kappa shape index (κ3) is 1.48. The van der Waals surface area contributed by atoms with Crippen molar-refractivity contribution in [1.29, 1.82) is 0 Å². The van der Waals surface area contributed by atoms with Crippen molar-refractivity contribution in [2.24, 2.45) is 5.41 Å². The highest BCUT2D eigenvalue weighted by molar-refractivity contribution is 5.24. The molecule has 1 saturated carbocycles. The van der Waals surface area contributed by atoms with Crippen molar-refractivity contribution in [3.05, 3.63) is 11.7 Å². The molecule has 0 unspecified atom stereocenters. The molecule has 0 aromatic carbocycles. The van der Waals surface area contributed by atoms with E-state index in [0.29, 0.717) is 18.4 Å². The molecule has 1 nitrogen and oxygen atoms in total. The zero-order valence-electron chi connectivity index (χ0n) is 9.03. The van der Waals surface area contributed by atoms with E-state index in [9.17, 15) is 8.78 Å². The van der Waals surface area contributed by atoms with Crippen LogP contribution in [0.5, 0.6) is 0 Å². The monoisotopic (exact) mass is 201 g/mol. The molecule has 0 amide bonds. The average molecular weight is 201 g/mol. The van der Waals surface area contributed by atoms with Gasteiger partial charge in [-0.3, -0.25) is 4.90 Å². The Labute approximate surface area is 83.8 Å². The van der Waals surface area contributed by atoms with Crippen molar-refractivity contribution in [2.45, 2.75) is 39.2 Å². The van der Waals surface area contributed by atoms with E-state index in [1.54, 1.807) is 0 Å². The van der Waals surface area contributed by atoms with Crippen LogP contribution in [-0.2, 0) is 0 Å². The molecule has 1 heterocycles. The number of hydrogen-bond acceptors (Lipinski definition) is 1. The Morgan fingerprint density at radius 3 is 2.07 bits per heavy atom. The summed E-state index contributed by atoms with van der Waals surface area (Å²) in [6.45, 7) is 8.50. The molecule has 2 aliphatic rings. The van der Waals surface area contributed by atoms with Gasteiger partial charge in [-0.2, -0.15) is 8.78 Å². The van der Waals surface area contributed by atoms with E-state index in [1.165, 1.54) is 0 Å². The Hall–Kier alpha value is -0.440. The zero-order chi connectivity index (χ0) is 10.6. The summed E-state index contributed by atoms with van der Waals surface area (Å²) in [6, 6.07) is 0. The van der Waals surface area contributed by atoms with Crippen LogP contribution in [0.2, 0.25) is 0 Å². The SMILES string of the molecule is CC(C)(C)N1CC2(CC(=C(F)F)C2)C1. The van der Waals surface area contributed by atoms with E-state index in [-0.39, 0.29) is 11.0 Å². The lowest BCUT2D eigenvalue weighted by Gasteiger charge is -2.60. The number of rotatable bonds is 0. The van der Waals surface area contributed by atoms with Gasteiger partial charge >= 0.3 is 0 Å². The van der Waals surface area contributed by atoms with Gasteiger partial charge in [-0.25, -0.2) is 0 Å². The van der Waals surface area contributed by atoms with Crippen molar-refractivity contribution in [1.82, 2.24) is 4.90 Å². The van der Waals surface area contributed by atoms with Gasteiger partial charge in [0, 0.05) is 24.0 Å². The number of halogens is 2. The molecule has 1 aliphatic carbocycles. The van der Waals surface area contributed by atoms with E-state index in [0.717, 1.165) is 13.1 Å². The standard InChI is InChI=1S/C11H17F2N/c1-10(2,3)14-6-11(7-14)4-8(5-11)9(12)13/h4-7H2,1-3H3. The van der Waals surface area contributed by atoms with Gasteiger partial charge in [-0.1, -0.05) is 0 Å². The van der Waals surface area contributed by atoms with E-state index in [2.05, 4.69) is 25.7 Å². The molecule has 0 aromatic rings. The maximum absolute atomic E-state index is 12.2. The van der Waals surface area contributed by atoms with Crippen LogP contribution >= 0.6 is 0 Å². The molecular formula is C11H17F2N. The van der Waals surface area contributed by atoms with Crippen LogP contribution in [0.1, 0.15) is 33.6 Å². The van der Waals surface area contributed by atoms with E-state index >= 15 is 0 Å². The lowest BCUT2D eigenvalue weighted by molar-refractivity contribution is -0.0833. The Kier molecular flexibility index (Phi) is 2.01. The summed E-state index contributed by atoms with van der Waals surface area (Å²) in [7, 11) is 0. The molecule has 1 aliphatic heterocycles. The summed E-state index contributed by atoms with van der Waals surface area (Å²) in [4.78, 5) is 2.36. The first-order valence-electron chi connectivity index (χ1n) is 5.11. The molecule has 3 heteroatoms. The Bertz CT molecular complexity index is 268. The Morgan fingerprint density at radius 1 is 1.21 bits per heavy atom. The van der Waals surface area contributed by atoms with Crippen LogP contribution in [0.3, 0.4) is 0 Å². The fourth-order valence-corrected chi connectivity index (χ4v) is 2.45. The van der Waals surface area contributed by atoms with Gasteiger partial charge in [0.1, 0.15) is 0 Å². The molecule has 0 atom stereocenters. The quantitative estimate of drug-likeness (QED) is 0.582. The van der Waals surface area contributed by atoms with Crippen molar-refractivity contribution in [2.75, 3.05) is 13.1 Å². The third-order valence-corrected chi connectivity index (χ3v) is 3.45. The summed E-state index contributed by atoms with van der Waals surface area (Å²) >= 11 is 0. The smallest absolute Gasteiger partial charge is 0.269 e. The van der Waals surface area contributed by atoms with Crippen molar-refractivity contribution < 1.29 is 8.78 Å². The topological polar surface area (TPSA) is 3.24 Å². The minimum absolute atomic E-state index is 0.193. The maximum atomic E-state index is 12.2. The summed E-state index contributed by atoms with van der Waals surface area (Å²) in [5.41, 5.74) is 0.795. The van der Waals surface area contributed by atoms with Gasteiger partial charge in [0.15, 0.2) is 0 Å². The Balaban J connectivity index is 1.89. The Morgan fingerprint density at radius 2 is 1.71 bits per heavy atom. The lowest BCUT2D eigenvalue weighted by atomic mass is 9.60. The predicted molar refractivity (Wildman–Crippen MR) is 52.2 cm³/mol. The fraction of sp³-hybridized carbons (Fsp3) is 0.818. The minimum atomic E-state index is -1.44. The second-order valence-corrected chi connectivity index (χ2v) is 5.74. The van der Waals surface area contributed by atoms with Gasteiger partial charge in [-0.15, -0.1) is 0 Å². The molecule has 80 valence electrons. The molecule has 0 N–H and O–H groups in total. The normalized spacial score (nSPS) is 25.9. The molecular weight excluding hydrogens is 184 g/mol. The average Bonchev–Trinajstić information content (AvgIpc) is 1.74. The molecule has 0 aromatic heterocycles. The zero-order valence-corrected chi connectivity index (χ0v) is 9.03. The van der Waals surface area contributed by atoms with Gasteiger partial charge in [0.05, 0.1) is 0 Å². The molecule has 14 heavy (non-hydrogen) atoms. The van der Waals surface area contributed by atoms with E-state index in [4.69, 9.17) is 0 Å². The number of nitrogens with zero attached hydrogens (tertiary/aromatic N) is 1. The van der Waals surface area contributed by atoms with E-state index in [1.807, 2.05) is 0 Å². The van der Waals surface area contributed by atoms with Gasteiger partial charge in [0.2, 0.25) is 0 Å². The highest BCUT2D eigenvalue weighted by atomic mass is 19.3. The minimum Gasteiger partial charge on any atom is -0.297 e. The van der Waals surface area contributed by atoms with Crippen LogP contribution in [0.25, 0.3) is 0 Å². The lowest BCUT2D eigenvalue weighted by Crippen LogP contribution is -2.65. The number of likely N-dealkylation sites (tertiary alicyclic amines) is 1. The van der Waals surface area contributed by atoms with Gasteiger partial charge in [-0.05, 0) is 39.2 Å². The molecule has 2 fully saturated rings. The first-order valence-corrected chi connectivity index (χ1v) is 5.11. The van der Waals surface area contributed by atoms with Crippen LogP contribution in [-0.4, -0.2) is 23.5 Å². The molecule has 1 spiro atoms. The van der Waals surface area contributed by atoms with Crippen LogP contribution in [0, 0.1) is 5.41 Å². The maximum Gasteiger partial charge on any atom is 0.269 e.